The van der Waals surface area contributed by atoms with E-state index < -0.39 is 0 Å². The van der Waals surface area contributed by atoms with Gasteiger partial charge in [0.1, 0.15) is 0 Å². The second-order valence-electron chi connectivity index (χ2n) is 3.46. The zero-order valence-electron chi connectivity index (χ0n) is 8.39. The monoisotopic (exact) mass is 265 g/mol. The molecule has 0 aliphatic rings. The van der Waals surface area contributed by atoms with Crippen molar-refractivity contribution in [2.24, 2.45) is 5.73 Å². The molecule has 15 heavy (non-hydrogen) atoms. The lowest BCUT2D eigenvalue weighted by Crippen LogP contribution is -2.06. The van der Waals surface area contributed by atoms with Gasteiger partial charge in [0.2, 0.25) is 0 Å². The molecule has 78 valence electrons. The molecule has 0 amide bonds. The van der Waals surface area contributed by atoms with Gasteiger partial charge in [0.05, 0.1) is 6.33 Å². The van der Waals surface area contributed by atoms with E-state index in [9.17, 15) is 0 Å². The Hall–Kier alpha value is -1.13. The molecule has 0 radical (unpaired) electrons. The van der Waals surface area contributed by atoms with Crippen LogP contribution in [0.4, 0.5) is 0 Å². The number of nitrogens with zero attached hydrogens (tertiary/aromatic N) is 2. The lowest BCUT2D eigenvalue weighted by Gasteiger charge is -2.10. The SMILES string of the molecule is CC(N)c1ccc(-n2ccnc2)cc1Br. The fourth-order valence-electron chi connectivity index (χ4n) is 1.46. The number of imidazole rings is 1. The second kappa shape index (κ2) is 4.16. The van der Waals surface area contributed by atoms with E-state index >= 15 is 0 Å². The van der Waals surface area contributed by atoms with Crippen LogP contribution in [-0.4, -0.2) is 9.55 Å². The first-order valence-electron chi connectivity index (χ1n) is 4.72. The third-order valence-electron chi connectivity index (χ3n) is 2.28. The fourth-order valence-corrected chi connectivity index (χ4v) is 2.19. The molecule has 1 aromatic carbocycles. The van der Waals surface area contributed by atoms with E-state index in [1.54, 1.807) is 12.5 Å². The van der Waals surface area contributed by atoms with Crippen LogP contribution >= 0.6 is 15.9 Å². The molecule has 1 aromatic heterocycles. The minimum absolute atomic E-state index is 0.0382. The molecule has 1 heterocycles. The summed E-state index contributed by atoms with van der Waals surface area (Å²) in [5.41, 5.74) is 8.02. The summed E-state index contributed by atoms with van der Waals surface area (Å²) in [7, 11) is 0. The second-order valence-corrected chi connectivity index (χ2v) is 4.32. The molecule has 1 unspecified atom stereocenters. The smallest absolute Gasteiger partial charge is 0.0991 e. The van der Waals surface area contributed by atoms with Crippen LogP contribution in [-0.2, 0) is 0 Å². The lowest BCUT2D eigenvalue weighted by molar-refractivity contribution is 0.812. The van der Waals surface area contributed by atoms with Crippen molar-refractivity contribution in [2.75, 3.05) is 0 Å². The van der Waals surface area contributed by atoms with Crippen LogP contribution in [0.3, 0.4) is 0 Å². The third kappa shape index (κ3) is 2.11. The predicted octanol–water partition coefficient (Wildman–Crippen LogP) is 2.65. The van der Waals surface area contributed by atoms with Gasteiger partial charge in [0.25, 0.3) is 0 Å². The Morgan fingerprint density at radius 3 is 2.80 bits per heavy atom. The van der Waals surface area contributed by atoms with Crippen molar-refractivity contribution in [1.29, 1.82) is 0 Å². The first-order valence-corrected chi connectivity index (χ1v) is 5.51. The predicted molar refractivity (Wildman–Crippen MR) is 63.9 cm³/mol. The molecule has 0 aliphatic carbocycles. The van der Waals surface area contributed by atoms with Crippen LogP contribution in [0.25, 0.3) is 5.69 Å². The average molecular weight is 266 g/mol. The fraction of sp³-hybridized carbons (Fsp3) is 0.182. The van der Waals surface area contributed by atoms with Crippen LogP contribution in [0, 0.1) is 0 Å². The number of rotatable bonds is 2. The molecule has 0 aliphatic heterocycles. The Morgan fingerprint density at radius 1 is 1.47 bits per heavy atom. The molecule has 3 nitrogen and oxygen atoms in total. The molecule has 0 fully saturated rings. The minimum atomic E-state index is 0.0382. The van der Waals surface area contributed by atoms with Gasteiger partial charge in [-0.25, -0.2) is 4.98 Å². The Kier molecular flexibility index (Phi) is 2.88. The van der Waals surface area contributed by atoms with Crippen molar-refractivity contribution in [3.05, 3.63) is 47.0 Å². The molecule has 0 saturated heterocycles. The highest BCUT2D eigenvalue weighted by Gasteiger charge is 2.05. The van der Waals surface area contributed by atoms with Crippen LogP contribution in [0.2, 0.25) is 0 Å². The van der Waals surface area contributed by atoms with E-state index in [1.165, 1.54) is 0 Å². The van der Waals surface area contributed by atoms with Crippen LogP contribution in [0.5, 0.6) is 0 Å². The maximum Gasteiger partial charge on any atom is 0.0991 e. The zero-order chi connectivity index (χ0) is 10.8. The summed E-state index contributed by atoms with van der Waals surface area (Å²) in [6.07, 6.45) is 5.44. The van der Waals surface area contributed by atoms with Crippen LogP contribution in [0.15, 0.2) is 41.4 Å². The number of nitrogens with two attached hydrogens (primary N) is 1. The van der Waals surface area contributed by atoms with Gasteiger partial charge in [0.15, 0.2) is 0 Å². The molecule has 0 saturated carbocycles. The van der Waals surface area contributed by atoms with E-state index in [2.05, 4.69) is 20.9 Å². The summed E-state index contributed by atoms with van der Waals surface area (Å²) in [6.45, 7) is 1.97. The molecule has 0 spiro atoms. The summed E-state index contributed by atoms with van der Waals surface area (Å²) in [5.74, 6) is 0. The van der Waals surface area contributed by atoms with Crippen molar-refractivity contribution < 1.29 is 0 Å². The summed E-state index contributed by atoms with van der Waals surface area (Å²) >= 11 is 3.52. The lowest BCUT2D eigenvalue weighted by atomic mass is 10.1. The Morgan fingerprint density at radius 2 is 2.27 bits per heavy atom. The van der Waals surface area contributed by atoms with Gasteiger partial charge in [-0.05, 0) is 24.6 Å². The number of hydrogen-bond donors (Lipinski definition) is 1. The zero-order valence-corrected chi connectivity index (χ0v) is 9.98. The average Bonchev–Trinajstić information content (AvgIpc) is 2.69. The molecule has 1 atom stereocenters. The van der Waals surface area contributed by atoms with Crippen LogP contribution in [0.1, 0.15) is 18.5 Å². The van der Waals surface area contributed by atoms with E-state index in [1.807, 2.05) is 35.9 Å². The van der Waals surface area contributed by atoms with Gasteiger partial charge < -0.3 is 10.3 Å². The van der Waals surface area contributed by atoms with Crippen molar-refractivity contribution >= 4 is 15.9 Å². The van der Waals surface area contributed by atoms with Gasteiger partial charge in [-0.1, -0.05) is 22.0 Å². The van der Waals surface area contributed by atoms with Crippen molar-refractivity contribution in [3.63, 3.8) is 0 Å². The highest BCUT2D eigenvalue weighted by Crippen LogP contribution is 2.24. The standard InChI is InChI=1S/C11H12BrN3/c1-8(13)10-3-2-9(6-11(10)12)15-5-4-14-7-15/h2-8H,13H2,1H3. The van der Waals surface area contributed by atoms with E-state index in [-0.39, 0.29) is 6.04 Å². The van der Waals surface area contributed by atoms with E-state index in [4.69, 9.17) is 5.73 Å². The quantitative estimate of drug-likeness (QED) is 0.908. The van der Waals surface area contributed by atoms with Gasteiger partial charge in [-0.15, -0.1) is 0 Å². The molecular formula is C11H12BrN3. The molecule has 2 aromatic rings. The van der Waals surface area contributed by atoms with Crippen LogP contribution < -0.4 is 5.73 Å². The molecule has 0 bridgehead atoms. The topological polar surface area (TPSA) is 43.8 Å². The van der Waals surface area contributed by atoms with Crippen molar-refractivity contribution in [3.8, 4) is 5.69 Å². The van der Waals surface area contributed by atoms with Crippen molar-refractivity contribution in [1.82, 2.24) is 9.55 Å². The maximum atomic E-state index is 5.83. The molecule has 2 N–H and O–H groups in total. The summed E-state index contributed by atoms with van der Waals surface area (Å²) < 4.78 is 2.99. The third-order valence-corrected chi connectivity index (χ3v) is 2.96. The first-order chi connectivity index (χ1) is 7.18. The van der Waals surface area contributed by atoms with Gasteiger partial charge >= 0.3 is 0 Å². The normalized spacial score (nSPS) is 12.7. The summed E-state index contributed by atoms with van der Waals surface area (Å²) in [4.78, 5) is 4.01. The first kappa shape index (κ1) is 10.4. The van der Waals surface area contributed by atoms with E-state index in [0.29, 0.717) is 0 Å². The molecular weight excluding hydrogens is 254 g/mol. The van der Waals surface area contributed by atoms with Gasteiger partial charge in [0, 0.05) is 28.6 Å². The molecule has 4 heteroatoms. The highest BCUT2D eigenvalue weighted by molar-refractivity contribution is 9.10. The van der Waals surface area contributed by atoms with E-state index in [0.717, 1.165) is 15.7 Å². The summed E-state index contributed by atoms with van der Waals surface area (Å²) in [6, 6.07) is 6.14. The summed E-state index contributed by atoms with van der Waals surface area (Å²) in [5, 5.41) is 0. The highest BCUT2D eigenvalue weighted by atomic mass is 79.9. The largest absolute Gasteiger partial charge is 0.324 e. The van der Waals surface area contributed by atoms with Gasteiger partial charge in [-0.3, -0.25) is 0 Å². The van der Waals surface area contributed by atoms with Crippen molar-refractivity contribution in [2.45, 2.75) is 13.0 Å². The van der Waals surface area contributed by atoms with Gasteiger partial charge in [-0.2, -0.15) is 0 Å². The number of benzene rings is 1. The minimum Gasteiger partial charge on any atom is -0.324 e. The number of hydrogen-bond acceptors (Lipinski definition) is 2. The number of aromatic nitrogens is 2. The Labute approximate surface area is 97.1 Å². The Bertz CT molecular complexity index is 449. The maximum absolute atomic E-state index is 5.83. The Balaban J connectivity index is 2.42. The molecule has 2 rings (SSSR count). The number of halogens is 1.